The van der Waals surface area contributed by atoms with Crippen molar-refractivity contribution < 1.29 is 0 Å². The fourth-order valence-corrected chi connectivity index (χ4v) is 2.07. The van der Waals surface area contributed by atoms with Crippen LogP contribution >= 0.6 is 11.8 Å². The molecule has 0 bridgehead atoms. The summed E-state index contributed by atoms with van der Waals surface area (Å²) in [6.07, 6.45) is 8.77. The summed E-state index contributed by atoms with van der Waals surface area (Å²) < 4.78 is 1.98. The third-order valence-electron chi connectivity index (χ3n) is 2.37. The zero-order valence-electron chi connectivity index (χ0n) is 9.68. The smallest absolute Gasteiger partial charge is 0.154 e. The molecule has 0 atom stereocenters. The average molecular weight is 246 g/mol. The zero-order chi connectivity index (χ0) is 12.1. The van der Waals surface area contributed by atoms with Crippen LogP contribution < -0.4 is 5.32 Å². The normalized spacial score (nSPS) is 10.4. The lowest BCUT2D eigenvalue weighted by atomic mass is 10.4. The molecule has 0 aliphatic heterocycles. The van der Waals surface area contributed by atoms with Crippen molar-refractivity contribution in [2.24, 2.45) is 7.05 Å². The number of nitrogens with one attached hydrogen (secondary N) is 1. The van der Waals surface area contributed by atoms with Gasteiger partial charge >= 0.3 is 0 Å². The fourth-order valence-electron chi connectivity index (χ4n) is 1.56. The number of hydrogen-bond donors (Lipinski definition) is 1. The van der Waals surface area contributed by atoms with E-state index < -0.39 is 0 Å². The van der Waals surface area contributed by atoms with Crippen LogP contribution in [0.2, 0.25) is 0 Å². The molecule has 4 nitrogen and oxygen atoms in total. The second-order valence-corrected chi connectivity index (χ2v) is 4.67. The van der Waals surface area contributed by atoms with Crippen molar-refractivity contribution in [3.05, 3.63) is 18.6 Å². The minimum absolute atomic E-state index is 0.753. The van der Waals surface area contributed by atoms with E-state index in [1.54, 1.807) is 24.3 Å². The molecular formula is C12H14N4S. The molecule has 0 fully saturated rings. The zero-order valence-corrected chi connectivity index (χ0v) is 10.5. The van der Waals surface area contributed by atoms with Crippen LogP contribution in [0, 0.1) is 12.3 Å². The highest BCUT2D eigenvalue weighted by molar-refractivity contribution is 7.99. The van der Waals surface area contributed by atoms with E-state index in [1.807, 2.05) is 17.7 Å². The van der Waals surface area contributed by atoms with E-state index in [9.17, 15) is 0 Å². The Kier molecular flexibility index (Phi) is 3.89. The van der Waals surface area contributed by atoms with Gasteiger partial charge in [0.1, 0.15) is 5.52 Å². The highest BCUT2D eigenvalue weighted by Gasteiger charge is 2.05. The van der Waals surface area contributed by atoms with Gasteiger partial charge < -0.3 is 9.88 Å². The summed E-state index contributed by atoms with van der Waals surface area (Å²) in [5.41, 5.74) is 2.00. The Bertz CT molecular complexity index is 541. The Balaban J connectivity index is 2.01. The van der Waals surface area contributed by atoms with Crippen molar-refractivity contribution in [2.45, 2.75) is 0 Å². The van der Waals surface area contributed by atoms with Crippen LogP contribution in [0.25, 0.3) is 11.0 Å². The molecule has 0 saturated carbocycles. The van der Waals surface area contributed by atoms with Crippen molar-refractivity contribution in [3.63, 3.8) is 0 Å². The summed E-state index contributed by atoms with van der Waals surface area (Å²) in [6, 6.07) is 1.96. The first-order valence-electron chi connectivity index (χ1n) is 5.34. The highest BCUT2D eigenvalue weighted by Crippen LogP contribution is 2.18. The van der Waals surface area contributed by atoms with Gasteiger partial charge in [-0.15, -0.1) is 18.2 Å². The first kappa shape index (κ1) is 11.8. The van der Waals surface area contributed by atoms with Gasteiger partial charge in [-0.2, -0.15) is 0 Å². The largest absolute Gasteiger partial charge is 0.367 e. The maximum atomic E-state index is 5.18. The van der Waals surface area contributed by atoms with Gasteiger partial charge in [-0.3, -0.25) is 0 Å². The molecule has 0 radical (unpaired) electrons. The van der Waals surface area contributed by atoms with Gasteiger partial charge in [-0.05, 0) is 6.07 Å². The van der Waals surface area contributed by atoms with Gasteiger partial charge in [0.15, 0.2) is 5.82 Å². The molecule has 0 aromatic carbocycles. The van der Waals surface area contributed by atoms with E-state index in [4.69, 9.17) is 6.42 Å². The van der Waals surface area contributed by atoms with Crippen LogP contribution in [0.3, 0.4) is 0 Å². The molecule has 2 heterocycles. The number of imidazole rings is 1. The van der Waals surface area contributed by atoms with E-state index in [-0.39, 0.29) is 0 Å². The number of aryl methyl sites for hydroxylation is 1. The van der Waals surface area contributed by atoms with Gasteiger partial charge in [0.25, 0.3) is 0 Å². The molecule has 0 amide bonds. The minimum atomic E-state index is 0.753. The van der Waals surface area contributed by atoms with E-state index in [2.05, 4.69) is 21.2 Å². The first-order valence-corrected chi connectivity index (χ1v) is 6.49. The monoisotopic (exact) mass is 246 g/mol. The topological polar surface area (TPSA) is 42.7 Å². The number of rotatable bonds is 5. The number of pyridine rings is 1. The van der Waals surface area contributed by atoms with E-state index >= 15 is 0 Å². The molecule has 0 unspecified atom stereocenters. The summed E-state index contributed by atoms with van der Waals surface area (Å²) in [5, 5.41) is 3.28. The van der Waals surface area contributed by atoms with Crippen molar-refractivity contribution in [1.82, 2.24) is 14.5 Å². The minimum Gasteiger partial charge on any atom is -0.367 e. The Morgan fingerprint density at radius 1 is 1.53 bits per heavy atom. The van der Waals surface area contributed by atoms with Gasteiger partial charge in [-0.1, -0.05) is 5.92 Å². The molecule has 0 spiro atoms. The average Bonchev–Trinajstić information content (AvgIpc) is 2.72. The molecular weight excluding hydrogens is 232 g/mol. The second-order valence-electron chi connectivity index (χ2n) is 3.57. The van der Waals surface area contributed by atoms with Crippen molar-refractivity contribution in [1.29, 1.82) is 0 Å². The number of aromatic nitrogens is 3. The van der Waals surface area contributed by atoms with Crippen LogP contribution in [0.5, 0.6) is 0 Å². The Labute approximate surface area is 105 Å². The molecule has 1 N–H and O–H groups in total. The van der Waals surface area contributed by atoms with Crippen LogP contribution in [0.1, 0.15) is 0 Å². The van der Waals surface area contributed by atoms with Crippen molar-refractivity contribution >= 4 is 28.6 Å². The summed E-state index contributed by atoms with van der Waals surface area (Å²) in [4.78, 5) is 8.63. The van der Waals surface area contributed by atoms with Crippen LogP contribution in [-0.2, 0) is 7.05 Å². The van der Waals surface area contributed by atoms with Crippen LogP contribution in [0.15, 0.2) is 18.6 Å². The van der Waals surface area contributed by atoms with Crippen LogP contribution in [0.4, 0.5) is 5.82 Å². The summed E-state index contributed by atoms with van der Waals surface area (Å²) in [5.74, 6) is 5.16. The summed E-state index contributed by atoms with van der Waals surface area (Å²) in [7, 11) is 1.97. The number of terminal acetylenes is 1. The number of thioether (sulfide) groups is 1. The second kappa shape index (κ2) is 5.60. The highest BCUT2D eigenvalue weighted by atomic mass is 32.2. The van der Waals surface area contributed by atoms with Gasteiger partial charge in [0.05, 0.1) is 17.6 Å². The van der Waals surface area contributed by atoms with Crippen molar-refractivity contribution in [3.8, 4) is 12.3 Å². The molecule has 0 aliphatic rings. The predicted molar refractivity (Wildman–Crippen MR) is 73.2 cm³/mol. The molecule has 17 heavy (non-hydrogen) atoms. The lowest BCUT2D eigenvalue weighted by Crippen LogP contribution is -2.06. The quantitative estimate of drug-likeness (QED) is 0.644. The van der Waals surface area contributed by atoms with Gasteiger partial charge in [0.2, 0.25) is 0 Å². The lowest BCUT2D eigenvalue weighted by Gasteiger charge is -2.05. The molecule has 2 aromatic rings. The summed E-state index contributed by atoms with van der Waals surface area (Å²) in [6.45, 7) is 0.842. The van der Waals surface area contributed by atoms with E-state index in [0.29, 0.717) is 0 Å². The van der Waals surface area contributed by atoms with Crippen LogP contribution in [-0.4, -0.2) is 32.6 Å². The SMILES string of the molecule is C#CCSCCNc1nccc2c1ncn2C. The Morgan fingerprint density at radius 2 is 2.41 bits per heavy atom. The Hall–Kier alpha value is -1.67. The predicted octanol–water partition coefficient (Wildman–Crippen LogP) is 1.75. The van der Waals surface area contributed by atoms with E-state index in [1.165, 1.54) is 0 Å². The number of anilines is 1. The maximum absolute atomic E-state index is 5.18. The van der Waals surface area contributed by atoms with Gasteiger partial charge in [-0.25, -0.2) is 9.97 Å². The third kappa shape index (κ3) is 2.71. The maximum Gasteiger partial charge on any atom is 0.154 e. The van der Waals surface area contributed by atoms with E-state index in [0.717, 1.165) is 34.9 Å². The van der Waals surface area contributed by atoms with Gasteiger partial charge in [0, 0.05) is 25.5 Å². The lowest BCUT2D eigenvalue weighted by molar-refractivity contribution is 0.947. The molecule has 2 rings (SSSR count). The molecule has 2 aromatic heterocycles. The van der Waals surface area contributed by atoms with Crippen molar-refractivity contribution in [2.75, 3.05) is 23.4 Å². The Morgan fingerprint density at radius 3 is 3.24 bits per heavy atom. The number of nitrogens with zero attached hydrogens (tertiary/aromatic N) is 3. The molecule has 88 valence electrons. The summed E-state index contributed by atoms with van der Waals surface area (Å²) >= 11 is 1.73. The number of fused-ring (bicyclic) bond motifs is 1. The standard InChI is InChI=1S/C12H14N4S/c1-3-7-17-8-6-14-12-11-10(4-5-13-12)16(2)9-15-11/h1,4-5,9H,6-8H2,2H3,(H,13,14). The molecule has 0 aliphatic carbocycles. The molecule has 0 saturated heterocycles. The first-order chi connectivity index (χ1) is 8.33. The third-order valence-corrected chi connectivity index (χ3v) is 3.23. The number of hydrogen-bond acceptors (Lipinski definition) is 4. The fraction of sp³-hybridized carbons (Fsp3) is 0.333. The molecule has 5 heteroatoms.